The van der Waals surface area contributed by atoms with Gasteiger partial charge in [-0.2, -0.15) is 0 Å². The van der Waals surface area contributed by atoms with Crippen molar-refractivity contribution in [2.24, 2.45) is 0 Å². The molecular weight excluding hydrogens is 661 g/mol. The van der Waals surface area contributed by atoms with Crippen LogP contribution in [0.15, 0.2) is 146 Å². The zero-order valence-electron chi connectivity index (χ0n) is 29.7. The van der Waals surface area contributed by atoms with Gasteiger partial charge >= 0.3 is 0 Å². The van der Waals surface area contributed by atoms with E-state index in [1.54, 1.807) is 0 Å². The Morgan fingerprint density at radius 3 is 1.64 bits per heavy atom. The average Bonchev–Trinajstić information content (AvgIpc) is 3.87. The third-order valence-corrected chi connectivity index (χ3v) is 10.8. The molecule has 0 bridgehead atoms. The van der Waals surface area contributed by atoms with Gasteiger partial charge in [0.05, 0.1) is 30.6 Å². The van der Waals surface area contributed by atoms with Crippen LogP contribution in [0.25, 0.3) is 23.6 Å². The van der Waals surface area contributed by atoms with Crippen molar-refractivity contribution in [3.8, 4) is 0 Å². The van der Waals surface area contributed by atoms with Gasteiger partial charge in [-0.15, -0.1) is 0 Å². The zero-order chi connectivity index (χ0) is 36.7. The Labute approximate surface area is 308 Å². The predicted molar refractivity (Wildman–Crippen MR) is 206 cm³/mol. The number of amides is 2. The summed E-state index contributed by atoms with van der Waals surface area (Å²) in [4.78, 5) is 29.7. The van der Waals surface area contributed by atoms with E-state index in [-0.39, 0.29) is 29.8 Å². The summed E-state index contributed by atoms with van der Waals surface area (Å²) in [7, 11) is 0. The first-order valence-electron chi connectivity index (χ1n) is 17.8. The Hall–Kier alpha value is -6.02. The highest BCUT2D eigenvalue weighted by Gasteiger charge is 2.56. The molecule has 7 nitrogen and oxygen atoms in total. The number of fused-ring (bicyclic) bond motifs is 7. The number of aliphatic hydroxyl groups is 1. The number of aliphatic hydroxyl groups excluding tert-OH is 1. The molecule has 0 spiro atoms. The van der Waals surface area contributed by atoms with E-state index in [2.05, 4.69) is 38.6 Å². The van der Waals surface area contributed by atoms with E-state index in [4.69, 9.17) is 14.6 Å². The summed E-state index contributed by atoms with van der Waals surface area (Å²) in [6.07, 6.45) is 0.447. The fourth-order valence-corrected chi connectivity index (χ4v) is 8.01. The van der Waals surface area contributed by atoms with Gasteiger partial charge in [-0.1, -0.05) is 134 Å². The van der Waals surface area contributed by atoms with E-state index in [0.29, 0.717) is 13.2 Å². The first-order valence-corrected chi connectivity index (χ1v) is 17.8. The van der Waals surface area contributed by atoms with Crippen molar-refractivity contribution in [2.75, 3.05) is 13.2 Å². The van der Waals surface area contributed by atoms with Crippen LogP contribution < -0.4 is 10.4 Å². The van der Waals surface area contributed by atoms with Gasteiger partial charge in [0, 0.05) is 27.5 Å². The van der Waals surface area contributed by atoms with Crippen molar-refractivity contribution >= 4 is 35.4 Å². The Balaban J connectivity index is 0.000000124. The molecule has 4 atom stereocenters. The molecule has 6 aromatic rings. The van der Waals surface area contributed by atoms with Gasteiger partial charge < -0.3 is 14.6 Å². The molecule has 0 aliphatic carbocycles. The first kappa shape index (κ1) is 34.1. The van der Waals surface area contributed by atoms with Crippen LogP contribution in [0.4, 0.5) is 0 Å². The van der Waals surface area contributed by atoms with Gasteiger partial charge in [0.25, 0.3) is 11.8 Å². The molecule has 4 heterocycles. The molecule has 7 heteroatoms. The number of nitrogens with zero attached hydrogens (tertiary/aromatic N) is 2. The topological polar surface area (TPSA) is 79.3 Å². The fourth-order valence-electron chi connectivity index (χ4n) is 8.01. The highest BCUT2D eigenvalue weighted by atomic mass is 16.5. The quantitative estimate of drug-likeness (QED) is 0.200. The summed E-state index contributed by atoms with van der Waals surface area (Å²) in [5.41, 5.74) is 5.04. The van der Waals surface area contributed by atoms with Crippen molar-refractivity contribution in [3.63, 3.8) is 0 Å². The lowest BCUT2D eigenvalue weighted by atomic mass is 9.90. The lowest BCUT2D eigenvalue weighted by molar-refractivity contribution is 0.0222. The minimum absolute atomic E-state index is 0.0598. The van der Waals surface area contributed by atoms with Crippen LogP contribution in [0.1, 0.15) is 69.3 Å². The predicted octanol–water partition coefficient (Wildman–Crippen LogP) is 7.72. The van der Waals surface area contributed by atoms with E-state index in [0.717, 1.165) is 60.9 Å². The number of rotatable bonds is 2. The molecule has 2 saturated heterocycles. The zero-order valence-corrected chi connectivity index (χ0v) is 29.7. The molecule has 53 heavy (non-hydrogen) atoms. The van der Waals surface area contributed by atoms with Gasteiger partial charge in [-0.25, -0.2) is 0 Å². The fraction of sp³-hybridized carbons (Fsp3) is 0.174. The Morgan fingerprint density at radius 2 is 1.08 bits per heavy atom. The second-order valence-corrected chi connectivity index (χ2v) is 14.2. The van der Waals surface area contributed by atoms with Crippen LogP contribution in [-0.2, 0) is 20.6 Å². The van der Waals surface area contributed by atoms with Crippen LogP contribution in [-0.4, -0.2) is 39.9 Å². The second-order valence-electron chi connectivity index (χ2n) is 14.2. The normalized spacial score (nSPS) is 23.8. The molecule has 0 aromatic heterocycles. The van der Waals surface area contributed by atoms with E-state index in [1.165, 1.54) is 0 Å². The molecule has 2 fully saturated rings. The average molecular weight is 701 g/mol. The summed E-state index contributed by atoms with van der Waals surface area (Å²) in [5, 5.41) is 12.4. The molecule has 2 unspecified atom stereocenters. The summed E-state index contributed by atoms with van der Waals surface area (Å²) in [5.74, 6) is 0.124. The van der Waals surface area contributed by atoms with Crippen molar-refractivity contribution in [1.29, 1.82) is 0 Å². The first-order chi connectivity index (χ1) is 25.7. The third-order valence-electron chi connectivity index (χ3n) is 10.8. The van der Waals surface area contributed by atoms with Gasteiger partial charge in [-0.05, 0) is 59.2 Å². The second kappa shape index (κ2) is 13.5. The van der Waals surface area contributed by atoms with Crippen molar-refractivity contribution in [1.82, 2.24) is 9.80 Å². The third kappa shape index (κ3) is 5.69. The van der Waals surface area contributed by atoms with E-state index < -0.39 is 5.54 Å². The molecule has 0 saturated carbocycles. The Kier molecular flexibility index (Phi) is 8.69. The maximum atomic E-state index is 13.2. The van der Waals surface area contributed by atoms with Crippen molar-refractivity contribution in [2.45, 2.75) is 37.4 Å². The minimum Gasteiger partial charge on any atom is -0.515 e. The highest BCUT2D eigenvalue weighted by molar-refractivity contribution is 6.04. The van der Waals surface area contributed by atoms with Crippen LogP contribution in [0.2, 0.25) is 0 Å². The smallest absolute Gasteiger partial charge is 0.257 e. The number of carbonyl (C=O) groups is 2. The number of hydrogen-bond donors (Lipinski definition) is 1. The molecule has 4 aliphatic rings. The molecule has 10 rings (SSSR count). The SMILES string of the molecule is C=c1cccc/c1=C\O.C[C@@]12COC(c3ccccc3)N1C(=O)c1cc3ccccc3cc12.C[C@@]12COC(c3ccccc3)N1C(=O)c1ccccc12. The molecule has 6 aromatic carbocycles. The largest absolute Gasteiger partial charge is 0.515 e. The standard InChI is InChI=1S/C21H17NO2.C17H15NO2.C8H8O/c1-21-13-24-20(14-7-3-2-4-8-14)22(21)19(23)17-11-15-9-5-6-10-16(15)12-18(17)21;1-17-11-20-16(12-7-3-2-4-8-12)18(17)15(19)13-9-5-6-10-14(13)17;1-7-4-2-3-5-8(7)6-9/h2-12,20H,13H2,1H3;2-10,16H,11H2,1H3;2-6,9H,1H2/b;;8-6+/t20?,21-;16?,17-;/m00./s1. The van der Waals surface area contributed by atoms with Crippen LogP contribution in [0, 0.1) is 0 Å². The highest BCUT2D eigenvalue weighted by Crippen LogP contribution is 2.51. The maximum absolute atomic E-state index is 13.2. The van der Waals surface area contributed by atoms with Crippen LogP contribution >= 0.6 is 0 Å². The van der Waals surface area contributed by atoms with Gasteiger partial charge in [0.15, 0.2) is 12.5 Å². The monoisotopic (exact) mass is 700 g/mol. The number of carbonyl (C=O) groups excluding carboxylic acids is 2. The van der Waals surface area contributed by atoms with Gasteiger partial charge in [0.2, 0.25) is 0 Å². The summed E-state index contributed by atoms with van der Waals surface area (Å²) in [6.45, 7) is 8.94. The van der Waals surface area contributed by atoms with E-state index >= 15 is 0 Å². The summed E-state index contributed by atoms with van der Waals surface area (Å²) >= 11 is 0. The molecular formula is C46H40N2O5. The summed E-state index contributed by atoms with van der Waals surface area (Å²) in [6, 6.07) is 47.5. The molecule has 1 N–H and O–H groups in total. The van der Waals surface area contributed by atoms with Crippen LogP contribution in [0.3, 0.4) is 0 Å². The summed E-state index contributed by atoms with van der Waals surface area (Å²) < 4.78 is 12.0. The van der Waals surface area contributed by atoms with Gasteiger partial charge in [0.1, 0.15) is 0 Å². The number of ether oxygens (including phenoxy) is 2. The van der Waals surface area contributed by atoms with Crippen molar-refractivity contribution < 1.29 is 24.2 Å². The number of benzene rings is 6. The van der Waals surface area contributed by atoms with Crippen LogP contribution in [0.5, 0.6) is 0 Å². The molecule has 4 aliphatic heterocycles. The van der Waals surface area contributed by atoms with Gasteiger partial charge in [-0.3, -0.25) is 19.4 Å². The lowest BCUT2D eigenvalue weighted by Crippen LogP contribution is -2.38. The Bertz CT molecular complexity index is 2450. The van der Waals surface area contributed by atoms with E-state index in [1.807, 2.05) is 137 Å². The molecule has 0 radical (unpaired) electrons. The maximum Gasteiger partial charge on any atom is 0.257 e. The molecule has 2 amide bonds. The minimum atomic E-state index is -0.406. The molecule has 264 valence electrons. The van der Waals surface area contributed by atoms with Crippen molar-refractivity contribution in [3.05, 3.63) is 189 Å². The lowest BCUT2D eigenvalue weighted by Gasteiger charge is -2.30. The number of hydrogen-bond acceptors (Lipinski definition) is 5. The Morgan fingerprint density at radius 1 is 0.604 bits per heavy atom. The van der Waals surface area contributed by atoms with E-state index in [9.17, 15) is 9.59 Å².